The van der Waals surface area contributed by atoms with Crippen molar-refractivity contribution in [1.29, 1.82) is 0 Å². The van der Waals surface area contributed by atoms with Gasteiger partial charge in [0.05, 0.1) is 11.0 Å². The number of benzene rings is 1. The molecule has 0 saturated carbocycles. The molecule has 4 nitrogen and oxygen atoms in total. The van der Waals surface area contributed by atoms with Crippen LogP contribution in [0.5, 0.6) is 0 Å². The van der Waals surface area contributed by atoms with Gasteiger partial charge in [0.2, 0.25) is 0 Å². The summed E-state index contributed by atoms with van der Waals surface area (Å²) in [6, 6.07) is 6.35. The molecule has 0 unspecified atom stereocenters. The Kier molecular flexibility index (Phi) is 3.26. The number of hydrogen-bond acceptors (Lipinski definition) is 3. The minimum atomic E-state index is 0.471. The molecule has 0 bridgehead atoms. The minimum absolute atomic E-state index is 0.471. The van der Waals surface area contributed by atoms with Gasteiger partial charge < -0.3 is 5.73 Å². The van der Waals surface area contributed by atoms with Crippen molar-refractivity contribution in [2.24, 2.45) is 5.73 Å². The van der Waals surface area contributed by atoms with E-state index in [0.29, 0.717) is 6.54 Å². The second-order valence-electron chi connectivity index (χ2n) is 5.63. The van der Waals surface area contributed by atoms with Crippen molar-refractivity contribution in [2.45, 2.75) is 34.2 Å². The lowest BCUT2D eigenvalue weighted by Gasteiger charge is -2.13. The van der Waals surface area contributed by atoms with Gasteiger partial charge in [0, 0.05) is 17.8 Å². The molecule has 2 heterocycles. The van der Waals surface area contributed by atoms with E-state index in [1.165, 1.54) is 16.7 Å². The molecule has 3 aromatic rings. The third-order valence-electron chi connectivity index (χ3n) is 4.05. The topological polar surface area (TPSA) is 56.7 Å². The molecule has 0 fully saturated rings. The van der Waals surface area contributed by atoms with Crippen LogP contribution in [0.2, 0.25) is 0 Å². The first-order chi connectivity index (χ1) is 10.0. The van der Waals surface area contributed by atoms with E-state index in [0.717, 1.165) is 28.1 Å². The lowest BCUT2D eigenvalue weighted by atomic mass is 10.1. The van der Waals surface area contributed by atoms with Crippen LogP contribution in [0.15, 0.2) is 24.5 Å². The SMILES string of the molecule is Cc1cc(C)c(CN)c(-n2cnc3cc(C)c(C)cc32)n1. The molecule has 0 spiro atoms. The van der Waals surface area contributed by atoms with Crippen molar-refractivity contribution in [1.82, 2.24) is 14.5 Å². The van der Waals surface area contributed by atoms with Crippen LogP contribution in [0.1, 0.15) is 27.9 Å². The predicted octanol–water partition coefficient (Wildman–Crippen LogP) is 3.11. The van der Waals surface area contributed by atoms with E-state index < -0.39 is 0 Å². The minimum Gasteiger partial charge on any atom is -0.326 e. The fraction of sp³-hybridized carbons (Fsp3) is 0.294. The number of nitrogens with two attached hydrogens (primary N) is 1. The lowest BCUT2D eigenvalue weighted by molar-refractivity contribution is 0.923. The fourth-order valence-corrected chi connectivity index (χ4v) is 2.73. The van der Waals surface area contributed by atoms with Crippen molar-refractivity contribution in [3.8, 4) is 5.82 Å². The van der Waals surface area contributed by atoms with Crippen LogP contribution in [-0.2, 0) is 6.54 Å². The van der Waals surface area contributed by atoms with Crippen molar-refractivity contribution in [3.05, 3.63) is 52.5 Å². The van der Waals surface area contributed by atoms with Gasteiger partial charge in [0.15, 0.2) is 0 Å². The number of rotatable bonds is 2. The van der Waals surface area contributed by atoms with Crippen LogP contribution < -0.4 is 5.73 Å². The van der Waals surface area contributed by atoms with E-state index in [4.69, 9.17) is 10.7 Å². The second-order valence-corrected chi connectivity index (χ2v) is 5.63. The number of fused-ring (bicyclic) bond motifs is 1. The Hall–Kier alpha value is -2.20. The van der Waals surface area contributed by atoms with Crippen LogP contribution in [0.25, 0.3) is 16.9 Å². The predicted molar refractivity (Wildman–Crippen MR) is 85.7 cm³/mol. The highest BCUT2D eigenvalue weighted by Gasteiger charge is 2.13. The molecule has 2 N–H and O–H groups in total. The van der Waals surface area contributed by atoms with E-state index in [2.05, 4.69) is 44.0 Å². The smallest absolute Gasteiger partial charge is 0.143 e. The van der Waals surface area contributed by atoms with E-state index in [9.17, 15) is 0 Å². The third kappa shape index (κ3) is 2.21. The molecular weight excluding hydrogens is 260 g/mol. The van der Waals surface area contributed by atoms with E-state index >= 15 is 0 Å². The van der Waals surface area contributed by atoms with Crippen molar-refractivity contribution in [2.75, 3.05) is 0 Å². The average molecular weight is 280 g/mol. The highest BCUT2D eigenvalue weighted by atomic mass is 15.1. The number of pyridine rings is 1. The maximum Gasteiger partial charge on any atom is 0.143 e. The maximum absolute atomic E-state index is 5.93. The standard InChI is InChI=1S/C17H20N4/c1-10-6-15-16(7-11(10)2)21(9-19-15)17-14(8-18)12(3)5-13(4)20-17/h5-7,9H,8,18H2,1-4H3. The van der Waals surface area contributed by atoms with Gasteiger partial charge in [0.25, 0.3) is 0 Å². The zero-order valence-electron chi connectivity index (χ0n) is 12.9. The molecule has 3 rings (SSSR count). The molecule has 0 radical (unpaired) electrons. The van der Waals surface area contributed by atoms with Gasteiger partial charge in [-0.05, 0) is 62.6 Å². The van der Waals surface area contributed by atoms with Crippen molar-refractivity contribution >= 4 is 11.0 Å². The Morgan fingerprint density at radius 1 is 1.00 bits per heavy atom. The number of nitrogens with zero attached hydrogens (tertiary/aromatic N) is 3. The third-order valence-corrected chi connectivity index (χ3v) is 4.05. The number of imidazole rings is 1. The molecule has 0 atom stereocenters. The van der Waals surface area contributed by atoms with Gasteiger partial charge in [-0.3, -0.25) is 4.57 Å². The first-order valence-electron chi connectivity index (χ1n) is 7.13. The summed E-state index contributed by atoms with van der Waals surface area (Å²) >= 11 is 0. The quantitative estimate of drug-likeness (QED) is 0.784. The molecule has 0 aliphatic heterocycles. The van der Waals surface area contributed by atoms with Gasteiger partial charge in [0.1, 0.15) is 12.1 Å². The summed E-state index contributed by atoms with van der Waals surface area (Å²) < 4.78 is 2.05. The number of aryl methyl sites for hydroxylation is 4. The van der Waals surface area contributed by atoms with Crippen molar-refractivity contribution < 1.29 is 0 Å². The summed E-state index contributed by atoms with van der Waals surface area (Å²) in [5.74, 6) is 0.890. The Bertz CT molecular complexity index is 830. The van der Waals surface area contributed by atoms with Gasteiger partial charge in [-0.2, -0.15) is 0 Å². The van der Waals surface area contributed by atoms with Gasteiger partial charge in [-0.25, -0.2) is 9.97 Å². The summed E-state index contributed by atoms with van der Waals surface area (Å²) in [4.78, 5) is 9.21. The Balaban J connectivity index is 2.33. The molecule has 0 saturated heterocycles. The number of aromatic nitrogens is 3. The molecule has 108 valence electrons. The molecule has 2 aromatic heterocycles. The average Bonchev–Trinajstić information content (AvgIpc) is 2.81. The molecule has 21 heavy (non-hydrogen) atoms. The van der Waals surface area contributed by atoms with Crippen LogP contribution in [-0.4, -0.2) is 14.5 Å². The second kappa shape index (κ2) is 4.97. The Labute approximate surface area is 124 Å². The Morgan fingerprint density at radius 3 is 2.43 bits per heavy atom. The normalized spacial score (nSPS) is 11.3. The summed E-state index contributed by atoms with van der Waals surface area (Å²) in [5, 5.41) is 0. The first kappa shape index (κ1) is 13.8. The first-order valence-corrected chi connectivity index (χ1v) is 7.13. The molecule has 0 aliphatic rings. The monoisotopic (exact) mass is 280 g/mol. The zero-order chi connectivity index (χ0) is 15.1. The van der Waals surface area contributed by atoms with Gasteiger partial charge in [-0.15, -0.1) is 0 Å². The van der Waals surface area contributed by atoms with Crippen LogP contribution >= 0.6 is 0 Å². The highest BCUT2D eigenvalue weighted by Crippen LogP contribution is 2.24. The summed E-state index contributed by atoms with van der Waals surface area (Å²) in [6.45, 7) is 8.78. The summed E-state index contributed by atoms with van der Waals surface area (Å²) in [5.41, 5.74) is 13.7. The molecule has 1 aromatic carbocycles. The van der Waals surface area contributed by atoms with Crippen LogP contribution in [0.4, 0.5) is 0 Å². The Morgan fingerprint density at radius 2 is 1.71 bits per heavy atom. The van der Waals surface area contributed by atoms with E-state index in [1.807, 2.05) is 17.8 Å². The highest BCUT2D eigenvalue weighted by molar-refractivity contribution is 5.79. The summed E-state index contributed by atoms with van der Waals surface area (Å²) in [7, 11) is 0. The number of hydrogen-bond donors (Lipinski definition) is 1. The fourth-order valence-electron chi connectivity index (χ4n) is 2.73. The van der Waals surface area contributed by atoms with E-state index in [1.54, 1.807) is 0 Å². The molecule has 0 amide bonds. The molecule has 0 aliphatic carbocycles. The van der Waals surface area contributed by atoms with Gasteiger partial charge in [-0.1, -0.05) is 0 Å². The van der Waals surface area contributed by atoms with Crippen LogP contribution in [0, 0.1) is 27.7 Å². The molecule has 4 heteroatoms. The lowest BCUT2D eigenvalue weighted by Crippen LogP contribution is -2.09. The van der Waals surface area contributed by atoms with Gasteiger partial charge >= 0.3 is 0 Å². The largest absolute Gasteiger partial charge is 0.326 e. The van der Waals surface area contributed by atoms with E-state index in [-0.39, 0.29) is 0 Å². The molecular formula is C17H20N4. The van der Waals surface area contributed by atoms with Crippen LogP contribution in [0.3, 0.4) is 0 Å². The summed E-state index contributed by atoms with van der Waals surface area (Å²) in [6.07, 6.45) is 1.84. The zero-order valence-corrected chi connectivity index (χ0v) is 12.9. The van der Waals surface area contributed by atoms with Crippen molar-refractivity contribution in [3.63, 3.8) is 0 Å². The maximum atomic E-state index is 5.93.